The summed E-state index contributed by atoms with van der Waals surface area (Å²) in [4.78, 5) is 12.8. The smallest absolute Gasteiger partial charge is 0.311 e. The van der Waals surface area contributed by atoms with E-state index in [1.165, 1.54) is 15.6 Å². The Balaban J connectivity index is 1.78. The molecule has 1 N–H and O–H groups in total. The zero-order valence-corrected chi connectivity index (χ0v) is 14.0. The van der Waals surface area contributed by atoms with Gasteiger partial charge in [-0.1, -0.05) is 48.5 Å². The molecule has 0 aliphatic heterocycles. The fraction of sp³-hybridized carbons (Fsp3) is 0.250. The zero-order chi connectivity index (χ0) is 16.2. The van der Waals surface area contributed by atoms with Crippen LogP contribution in [0.3, 0.4) is 0 Å². The molecule has 3 rings (SSSR count). The van der Waals surface area contributed by atoms with E-state index in [9.17, 15) is 9.90 Å². The minimum atomic E-state index is -0.715. The number of thiophene rings is 1. The Kier molecular flexibility index (Phi) is 4.77. The average molecular weight is 324 g/mol. The molecular formula is C20H20O2S. The summed E-state index contributed by atoms with van der Waals surface area (Å²) in [6.07, 6.45) is 2.49. The monoisotopic (exact) mass is 324 g/mol. The molecule has 0 saturated carbocycles. The van der Waals surface area contributed by atoms with Crippen molar-refractivity contribution >= 4 is 27.4 Å². The first-order chi connectivity index (χ1) is 11.2. The summed E-state index contributed by atoms with van der Waals surface area (Å²) in [6.45, 7) is 2.04. The summed E-state index contributed by atoms with van der Waals surface area (Å²) in [7, 11) is 0. The van der Waals surface area contributed by atoms with Gasteiger partial charge in [0.2, 0.25) is 0 Å². The van der Waals surface area contributed by atoms with E-state index in [1.807, 2.05) is 37.3 Å². The van der Waals surface area contributed by atoms with Gasteiger partial charge in [-0.25, -0.2) is 0 Å². The van der Waals surface area contributed by atoms with Gasteiger partial charge >= 0.3 is 5.97 Å². The molecule has 1 aromatic heterocycles. The van der Waals surface area contributed by atoms with Crippen LogP contribution < -0.4 is 0 Å². The van der Waals surface area contributed by atoms with Gasteiger partial charge in [0.05, 0.1) is 5.92 Å². The molecule has 0 amide bonds. The van der Waals surface area contributed by atoms with Crippen molar-refractivity contribution in [3.8, 4) is 0 Å². The second-order valence-corrected chi connectivity index (χ2v) is 6.94. The standard InChI is InChI=1S/C20H20O2S/c1-14-16-11-5-6-13-18(16)23-19(14)17(20(21)22)12-7-10-15-8-3-2-4-9-15/h2-6,8-9,11,13,17H,7,10,12H2,1H3,(H,21,22). The molecule has 23 heavy (non-hydrogen) atoms. The Labute approximate surface area is 140 Å². The Bertz CT molecular complexity index is 805. The number of aryl methyl sites for hydroxylation is 2. The third-order valence-corrected chi connectivity index (χ3v) is 5.68. The average Bonchev–Trinajstić information content (AvgIpc) is 2.89. The van der Waals surface area contributed by atoms with Crippen LogP contribution in [0.5, 0.6) is 0 Å². The molecule has 0 aliphatic carbocycles. The number of hydrogen-bond donors (Lipinski definition) is 1. The summed E-state index contributed by atoms with van der Waals surface area (Å²) in [6, 6.07) is 18.4. The van der Waals surface area contributed by atoms with Crippen LogP contribution >= 0.6 is 11.3 Å². The Hall–Kier alpha value is -2.13. The highest BCUT2D eigenvalue weighted by Crippen LogP contribution is 2.37. The molecule has 2 aromatic carbocycles. The second-order valence-electron chi connectivity index (χ2n) is 5.86. The lowest BCUT2D eigenvalue weighted by atomic mass is 9.95. The van der Waals surface area contributed by atoms with Gasteiger partial charge in [-0.3, -0.25) is 4.79 Å². The van der Waals surface area contributed by atoms with Crippen LogP contribution in [0.2, 0.25) is 0 Å². The van der Waals surface area contributed by atoms with Crippen molar-refractivity contribution in [1.29, 1.82) is 0 Å². The van der Waals surface area contributed by atoms with Crippen LogP contribution in [0.4, 0.5) is 0 Å². The summed E-state index contributed by atoms with van der Waals surface area (Å²) >= 11 is 1.63. The van der Waals surface area contributed by atoms with Crippen LogP contribution in [0, 0.1) is 6.92 Å². The van der Waals surface area contributed by atoms with Crippen molar-refractivity contribution in [2.45, 2.75) is 32.1 Å². The number of rotatable bonds is 6. The largest absolute Gasteiger partial charge is 0.481 e. The molecule has 3 aromatic rings. The van der Waals surface area contributed by atoms with E-state index in [2.05, 4.69) is 24.3 Å². The first-order valence-electron chi connectivity index (χ1n) is 7.91. The van der Waals surface area contributed by atoms with Gasteiger partial charge in [-0.15, -0.1) is 11.3 Å². The molecule has 3 heteroatoms. The minimum Gasteiger partial charge on any atom is -0.481 e. The first-order valence-corrected chi connectivity index (χ1v) is 8.73. The number of carboxylic acids is 1. The highest BCUT2D eigenvalue weighted by atomic mass is 32.1. The van der Waals surface area contributed by atoms with Gasteiger partial charge in [0.15, 0.2) is 0 Å². The van der Waals surface area contributed by atoms with E-state index in [0.29, 0.717) is 6.42 Å². The predicted molar refractivity (Wildman–Crippen MR) is 96.3 cm³/mol. The van der Waals surface area contributed by atoms with Crippen molar-refractivity contribution < 1.29 is 9.90 Å². The van der Waals surface area contributed by atoms with Crippen LogP contribution in [-0.2, 0) is 11.2 Å². The summed E-state index contributed by atoms with van der Waals surface area (Å²) in [5.74, 6) is -1.12. The lowest BCUT2D eigenvalue weighted by Gasteiger charge is -2.12. The highest BCUT2D eigenvalue weighted by molar-refractivity contribution is 7.19. The van der Waals surface area contributed by atoms with E-state index in [4.69, 9.17) is 0 Å². The van der Waals surface area contributed by atoms with Crippen LogP contribution in [-0.4, -0.2) is 11.1 Å². The fourth-order valence-corrected chi connectivity index (χ4v) is 4.39. The molecule has 0 bridgehead atoms. The van der Waals surface area contributed by atoms with E-state index in [1.54, 1.807) is 11.3 Å². The van der Waals surface area contributed by atoms with Crippen LogP contribution in [0.15, 0.2) is 54.6 Å². The van der Waals surface area contributed by atoms with E-state index >= 15 is 0 Å². The first kappa shape index (κ1) is 15.8. The summed E-state index contributed by atoms with van der Waals surface area (Å²) in [5.41, 5.74) is 2.39. The Morgan fingerprint density at radius 3 is 2.48 bits per heavy atom. The lowest BCUT2D eigenvalue weighted by molar-refractivity contribution is -0.138. The maximum absolute atomic E-state index is 11.8. The second kappa shape index (κ2) is 6.97. The van der Waals surface area contributed by atoms with E-state index in [-0.39, 0.29) is 0 Å². The van der Waals surface area contributed by atoms with Gasteiger partial charge in [-0.05, 0) is 48.8 Å². The quantitative estimate of drug-likeness (QED) is 0.659. The van der Waals surface area contributed by atoms with Crippen molar-refractivity contribution in [3.05, 3.63) is 70.6 Å². The topological polar surface area (TPSA) is 37.3 Å². The molecule has 1 unspecified atom stereocenters. The van der Waals surface area contributed by atoms with Gasteiger partial charge in [0.1, 0.15) is 0 Å². The van der Waals surface area contributed by atoms with Crippen molar-refractivity contribution in [2.75, 3.05) is 0 Å². The van der Waals surface area contributed by atoms with Gasteiger partial charge in [0, 0.05) is 9.58 Å². The minimum absolute atomic E-state index is 0.406. The molecule has 0 radical (unpaired) electrons. The molecule has 2 nitrogen and oxygen atoms in total. The van der Waals surface area contributed by atoms with Crippen molar-refractivity contribution in [1.82, 2.24) is 0 Å². The van der Waals surface area contributed by atoms with Crippen LogP contribution in [0.25, 0.3) is 10.1 Å². The molecule has 0 spiro atoms. The number of carboxylic acid groups (broad SMARTS) is 1. The molecule has 0 fully saturated rings. The number of hydrogen-bond acceptors (Lipinski definition) is 2. The van der Waals surface area contributed by atoms with E-state index < -0.39 is 11.9 Å². The van der Waals surface area contributed by atoms with E-state index in [0.717, 1.165) is 23.3 Å². The summed E-state index contributed by atoms with van der Waals surface area (Å²) < 4.78 is 1.18. The number of fused-ring (bicyclic) bond motifs is 1. The number of carbonyl (C=O) groups is 1. The SMILES string of the molecule is Cc1c(C(CCCc2ccccc2)C(=O)O)sc2ccccc12. The third-order valence-electron chi connectivity index (χ3n) is 4.30. The molecule has 118 valence electrons. The van der Waals surface area contributed by atoms with Gasteiger partial charge in [-0.2, -0.15) is 0 Å². The molecule has 0 saturated heterocycles. The molecule has 1 atom stereocenters. The number of aliphatic carboxylic acids is 1. The highest BCUT2D eigenvalue weighted by Gasteiger charge is 2.24. The third kappa shape index (κ3) is 3.45. The maximum Gasteiger partial charge on any atom is 0.311 e. The molecule has 0 aliphatic rings. The van der Waals surface area contributed by atoms with Crippen molar-refractivity contribution in [2.24, 2.45) is 0 Å². The normalized spacial score (nSPS) is 12.4. The number of benzene rings is 2. The van der Waals surface area contributed by atoms with Crippen molar-refractivity contribution in [3.63, 3.8) is 0 Å². The fourth-order valence-electron chi connectivity index (χ4n) is 3.05. The van der Waals surface area contributed by atoms with Crippen LogP contribution in [0.1, 0.15) is 34.8 Å². The molecular weight excluding hydrogens is 304 g/mol. The predicted octanol–water partition coefficient (Wildman–Crippen LogP) is 5.40. The zero-order valence-electron chi connectivity index (χ0n) is 13.2. The Morgan fingerprint density at radius 1 is 1.09 bits per heavy atom. The Morgan fingerprint density at radius 2 is 1.78 bits per heavy atom. The lowest BCUT2D eigenvalue weighted by Crippen LogP contribution is -2.11. The van der Waals surface area contributed by atoms with Gasteiger partial charge < -0.3 is 5.11 Å². The summed E-state index contributed by atoms with van der Waals surface area (Å²) in [5, 5.41) is 10.9. The molecule has 1 heterocycles. The maximum atomic E-state index is 11.8. The van der Waals surface area contributed by atoms with Gasteiger partial charge in [0.25, 0.3) is 0 Å².